The van der Waals surface area contributed by atoms with E-state index in [1.165, 1.54) is 13.0 Å². The highest BCUT2D eigenvalue weighted by Crippen LogP contribution is 2.41. The lowest BCUT2D eigenvalue weighted by atomic mass is 10.1. The van der Waals surface area contributed by atoms with Crippen LogP contribution in [0.3, 0.4) is 0 Å². The van der Waals surface area contributed by atoms with Crippen LogP contribution in [0.1, 0.15) is 18.1 Å². The van der Waals surface area contributed by atoms with Crippen LogP contribution < -0.4 is 4.74 Å². The highest BCUT2D eigenvalue weighted by atomic mass is 32.2. The van der Waals surface area contributed by atoms with Crippen LogP contribution >= 0.6 is 11.8 Å². The number of nitriles is 1. The zero-order chi connectivity index (χ0) is 17.6. The minimum Gasteiger partial charge on any atom is -0.466 e. The van der Waals surface area contributed by atoms with Gasteiger partial charge in [0, 0.05) is 4.90 Å². The SMILES string of the molecule is CCOC(=O)Cc1cc(OC(F)F)c(C#N)c(SC(F)(F)F)c1. The van der Waals surface area contributed by atoms with Gasteiger partial charge in [-0.3, -0.25) is 4.79 Å². The monoisotopic (exact) mass is 355 g/mol. The number of ether oxygens (including phenoxy) is 2. The van der Waals surface area contributed by atoms with Gasteiger partial charge < -0.3 is 9.47 Å². The van der Waals surface area contributed by atoms with E-state index in [9.17, 15) is 26.7 Å². The van der Waals surface area contributed by atoms with Gasteiger partial charge in [0.1, 0.15) is 17.4 Å². The van der Waals surface area contributed by atoms with Gasteiger partial charge in [-0.15, -0.1) is 0 Å². The van der Waals surface area contributed by atoms with Crippen LogP contribution in [0.15, 0.2) is 17.0 Å². The number of rotatable bonds is 6. The Labute approximate surface area is 132 Å². The maximum absolute atomic E-state index is 12.5. The third kappa shape index (κ3) is 6.32. The van der Waals surface area contributed by atoms with Crippen LogP contribution in [-0.4, -0.2) is 24.7 Å². The molecule has 10 heteroatoms. The van der Waals surface area contributed by atoms with Gasteiger partial charge in [-0.25, -0.2) is 0 Å². The molecule has 0 radical (unpaired) electrons. The fourth-order valence-electron chi connectivity index (χ4n) is 1.63. The summed E-state index contributed by atoms with van der Waals surface area (Å²) in [5.41, 5.74) is -5.46. The lowest BCUT2D eigenvalue weighted by Crippen LogP contribution is -2.10. The van der Waals surface area contributed by atoms with Crippen LogP contribution in [0.25, 0.3) is 0 Å². The number of thioether (sulfide) groups is 1. The number of benzene rings is 1. The number of carbonyl (C=O) groups excluding carboxylic acids is 1. The van der Waals surface area contributed by atoms with Gasteiger partial charge in [0.2, 0.25) is 0 Å². The molecule has 0 bridgehead atoms. The first kappa shape index (κ1) is 19.0. The van der Waals surface area contributed by atoms with Crippen molar-refractivity contribution in [1.29, 1.82) is 5.26 Å². The Morgan fingerprint density at radius 2 is 2.04 bits per heavy atom. The van der Waals surface area contributed by atoms with E-state index in [0.29, 0.717) is 0 Å². The van der Waals surface area contributed by atoms with Crippen molar-refractivity contribution >= 4 is 17.7 Å². The molecule has 0 aliphatic carbocycles. The van der Waals surface area contributed by atoms with Crippen molar-refractivity contribution < 1.29 is 36.2 Å². The van der Waals surface area contributed by atoms with E-state index in [1.807, 2.05) is 0 Å². The van der Waals surface area contributed by atoms with E-state index < -0.39 is 52.5 Å². The van der Waals surface area contributed by atoms with Crippen molar-refractivity contribution in [1.82, 2.24) is 0 Å². The van der Waals surface area contributed by atoms with Gasteiger partial charge in [-0.05, 0) is 36.4 Å². The largest absolute Gasteiger partial charge is 0.466 e. The Morgan fingerprint density at radius 1 is 1.39 bits per heavy atom. The fourth-order valence-corrected chi connectivity index (χ4v) is 2.34. The molecule has 4 nitrogen and oxygen atoms in total. The number of hydrogen-bond acceptors (Lipinski definition) is 5. The fraction of sp³-hybridized carbons (Fsp3) is 0.385. The Morgan fingerprint density at radius 3 is 2.52 bits per heavy atom. The molecule has 0 N–H and O–H groups in total. The summed E-state index contributed by atoms with van der Waals surface area (Å²) >= 11 is -0.652. The standard InChI is InChI=1S/C13H10F5NO3S/c1-2-21-11(20)5-7-3-9(22-12(14)15)8(6-19)10(4-7)23-13(16,17)18/h3-4,12H,2,5H2,1H3. The number of hydrogen-bond donors (Lipinski definition) is 0. The lowest BCUT2D eigenvalue weighted by Gasteiger charge is -2.14. The lowest BCUT2D eigenvalue weighted by molar-refractivity contribution is -0.142. The highest BCUT2D eigenvalue weighted by Gasteiger charge is 2.32. The molecule has 0 amide bonds. The summed E-state index contributed by atoms with van der Waals surface area (Å²) in [4.78, 5) is 10.8. The summed E-state index contributed by atoms with van der Waals surface area (Å²) in [7, 11) is 0. The molecule has 0 spiro atoms. The molecule has 0 unspecified atom stereocenters. The first-order chi connectivity index (χ1) is 10.7. The molecule has 1 rings (SSSR count). The van der Waals surface area contributed by atoms with Gasteiger partial charge in [0.25, 0.3) is 0 Å². The average Bonchev–Trinajstić information content (AvgIpc) is 2.36. The molecule has 0 aliphatic heterocycles. The summed E-state index contributed by atoms with van der Waals surface area (Å²) in [5.74, 6) is -1.47. The number of carbonyl (C=O) groups is 1. The number of nitrogens with zero attached hydrogens (tertiary/aromatic N) is 1. The summed E-state index contributed by atoms with van der Waals surface area (Å²) in [5, 5.41) is 8.92. The van der Waals surface area contributed by atoms with E-state index in [-0.39, 0.29) is 12.2 Å². The minimum atomic E-state index is -4.74. The predicted octanol–water partition coefficient (Wildman–Crippen LogP) is 3.88. The molecule has 0 aliphatic rings. The van der Waals surface area contributed by atoms with Crippen LogP contribution in [0.2, 0.25) is 0 Å². The average molecular weight is 355 g/mol. The first-order valence-electron chi connectivity index (χ1n) is 6.09. The predicted molar refractivity (Wildman–Crippen MR) is 70.0 cm³/mol. The normalized spacial score (nSPS) is 11.2. The molecule has 0 saturated carbocycles. The molecule has 23 heavy (non-hydrogen) atoms. The highest BCUT2D eigenvalue weighted by molar-refractivity contribution is 8.00. The smallest absolute Gasteiger partial charge is 0.446 e. The van der Waals surface area contributed by atoms with Crippen LogP contribution in [0, 0.1) is 11.3 Å². The van der Waals surface area contributed by atoms with E-state index >= 15 is 0 Å². The molecule has 0 atom stereocenters. The van der Waals surface area contributed by atoms with Crippen molar-refractivity contribution in [3.63, 3.8) is 0 Å². The van der Waals surface area contributed by atoms with Crippen molar-refractivity contribution in [3.8, 4) is 11.8 Å². The Bertz CT molecular complexity index is 613. The summed E-state index contributed by atoms with van der Waals surface area (Å²) in [6.07, 6.45) is -0.440. The van der Waals surface area contributed by atoms with Crippen LogP contribution in [0.5, 0.6) is 5.75 Å². The van der Waals surface area contributed by atoms with Gasteiger partial charge in [-0.1, -0.05) is 0 Å². The zero-order valence-electron chi connectivity index (χ0n) is 11.6. The second kappa shape index (κ2) is 8.01. The number of halogens is 5. The maximum atomic E-state index is 12.5. The quantitative estimate of drug-likeness (QED) is 0.440. The van der Waals surface area contributed by atoms with Crippen molar-refractivity contribution in [2.24, 2.45) is 0 Å². The molecule has 0 aromatic heterocycles. The maximum Gasteiger partial charge on any atom is 0.446 e. The van der Waals surface area contributed by atoms with E-state index in [4.69, 9.17) is 5.26 Å². The molecule has 126 valence electrons. The topological polar surface area (TPSA) is 59.3 Å². The third-order valence-corrected chi connectivity index (χ3v) is 3.11. The molecule has 0 saturated heterocycles. The number of alkyl halides is 5. The second-order valence-corrected chi connectivity index (χ2v) is 5.09. The van der Waals surface area contributed by atoms with Gasteiger partial charge in [0.15, 0.2) is 0 Å². The summed E-state index contributed by atoms with van der Waals surface area (Å²) in [6, 6.07) is 3.24. The second-order valence-electron chi connectivity index (χ2n) is 3.99. The summed E-state index contributed by atoms with van der Waals surface area (Å²) < 4.78 is 71.1. The van der Waals surface area contributed by atoms with Crippen LogP contribution in [0.4, 0.5) is 22.0 Å². The van der Waals surface area contributed by atoms with Gasteiger partial charge >= 0.3 is 18.1 Å². The Kier molecular flexibility index (Phi) is 6.62. The molecular weight excluding hydrogens is 345 g/mol. The van der Waals surface area contributed by atoms with E-state index in [2.05, 4.69) is 9.47 Å². The molecule has 1 aromatic rings. The number of esters is 1. The molecule has 1 aromatic carbocycles. The molecular formula is C13H10F5NO3S. The van der Waals surface area contributed by atoms with E-state index in [0.717, 1.165) is 12.1 Å². The van der Waals surface area contributed by atoms with Gasteiger partial charge in [0.05, 0.1) is 13.0 Å². The van der Waals surface area contributed by atoms with Crippen molar-refractivity contribution in [2.75, 3.05) is 6.61 Å². The molecule has 0 heterocycles. The van der Waals surface area contributed by atoms with Gasteiger partial charge in [-0.2, -0.15) is 27.2 Å². The van der Waals surface area contributed by atoms with E-state index in [1.54, 1.807) is 0 Å². The molecule has 0 fully saturated rings. The third-order valence-electron chi connectivity index (χ3n) is 2.33. The minimum absolute atomic E-state index is 0.0372. The first-order valence-corrected chi connectivity index (χ1v) is 6.91. The zero-order valence-corrected chi connectivity index (χ0v) is 12.4. The Balaban J connectivity index is 3.29. The summed E-state index contributed by atoms with van der Waals surface area (Å²) in [6.45, 7) is -1.74. The van der Waals surface area contributed by atoms with Crippen LogP contribution in [-0.2, 0) is 16.0 Å². The van der Waals surface area contributed by atoms with Crippen molar-refractivity contribution in [3.05, 3.63) is 23.3 Å². The Hall–Kier alpha value is -2.02. The van der Waals surface area contributed by atoms with Crippen molar-refractivity contribution in [2.45, 2.75) is 30.4 Å².